The third kappa shape index (κ3) is 5.38. The molecule has 0 spiro atoms. The van der Waals surface area contributed by atoms with E-state index >= 15 is 0 Å². The molecule has 0 atom stereocenters. The van der Waals surface area contributed by atoms with Gasteiger partial charge in [0.2, 0.25) is 6.54 Å². The number of aromatic nitrogens is 1. The number of ether oxygens (including phenoxy) is 3. The van der Waals surface area contributed by atoms with Gasteiger partial charge >= 0.3 is 0 Å². The smallest absolute Gasteiger partial charge is 0.290 e. The molecular formula is C22H30N3O4+. The van der Waals surface area contributed by atoms with Crippen LogP contribution in [-0.2, 0) is 16.1 Å². The number of rotatable bonds is 8. The molecule has 1 aromatic heterocycles. The van der Waals surface area contributed by atoms with Crippen LogP contribution in [0.25, 0.3) is 0 Å². The molecule has 1 aliphatic rings. The van der Waals surface area contributed by atoms with Crippen molar-refractivity contribution in [1.29, 1.82) is 0 Å². The Morgan fingerprint density at radius 1 is 1.14 bits per heavy atom. The Morgan fingerprint density at radius 2 is 1.86 bits per heavy atom. The van der Waals surface area contributed by atoms with Gasteiger partial charge in [0.25, 0.3) is 5.91 Å². The third-order valence-corrected chi connectivity index (χ3v) is 4.77. The molecule has 2 aromatic rings. The summed E-state index contributed by atoms with van der Waals surface area (Å²) in [5.41, 5.74) is 2.60. The first-order chi connectivity index (χ1) is 14.1. The summed E-state index contributed by atoms with van der Waals surface area (Å²) in [6, 6.07) is 9.66. The van der Waals surface area contributed by atoms with Crippen molar-refractivity contribution in [1.82, 2.24) is 0 Å². The Bertz CT molecular complexity index is 835. The molecular weight excluding hydrogens is 370 g/mol. The molecule has 7 heteroatoms. The Labute approximate surface area is 172 Å². The summed E-state index contributed by atoms with van der Waals surface area (Å²) in [7, 11) is 0. The monoisotopic (exact) mass is 400 g/mol. The van der Waals surface area contributed by atoms with E-state index in [2.05, 4.69) is 10.2 Å². The summed E-state index contributed by atoms with van der Waals surface area (Å²) >= 11 is 0. The first kappa shape index (κ1) is 20.9. The number of hydrogen-bond donors (Lipinski definition) is 1. The number of pyridine rings is 1. The van der Waals surface area contributed by atoms with E-state index in [1.807, 2.05) is 61.9 Å². The first-order valence-corrected chi connectivity index (χ1v) is 10.1. The van der Waals surface area contributed by atoms with Crippen LogP contribution in [0, 0.1) is 6.92 Å². The van der Waals surface area contributed by atoms with Gasteiger partial charge in [-0.3, -0.25) is 4.79 Å². The van der Waals surface area contributed by atoms with Crippen LogP contribution >= 0.6 is 0 Å². The lowest BCUT2D eigenvalue weighted by Gasteiger charge is -2.31. The molecule has 1 fully saturated rings. The van der Waals surface area contributed by atoms with Gasteiger partial charge in [0, 0.05) is 44.3 Å². The van der Waals surface area contributed by atoms with Gasteiger partial charge in [-0.1, -0.05) is 6.07 Å². The Hall–Kier alpha value is -2.80. The van der Waals surface area contributed by atoms with Crippen molar-refractivity contribution in [2.75, 3.05) is 49.7 Å². The van der Waals surface area contributed by atoms with Crippen LogP contribution in [0.5, 0.6) is 11.5 Å². The highest BCUT2D eigenvalue weighted by Gasteiger charge is 2.21. The predicted octanol–water partition coefficient (Wildman–Crippen LogP) is 2.56. The zero-order valence-electron chi connectivity index (χ0n) is 17.4. The van der Waals surface area contributed by atoms with Crippen LogP contribution in [0.4, 0.5) is 11.4 Å². The van der Waals surface area contributed by atoms with E-state index in [1.165, 1.54) is 0 Å². The average molecular weight is 400 g/mol. The van der Waals surface area contributed by atoms with Gasteiger partial charge in [-0.15, -0.1) is 0 Å². The minimum atomic E-state index is -0.119. The fourth-order valence-corrected chi connectivity index (χ4v) is 3.33. The van der Waals surface area contributed by atoms with E-state index in [0.29, 0.717) is 37.9 Å². The van der Waals surface area contributed by atoms with Gasteiger partial charge in [0.1, 0.15) is 11.5 Å². The number of carbonyl (C=O) groups is 1. The summed E-state index contributed by atoms with van der Waals surface area (Å²) in [6.07, 6.45) is 1.89. The number of carbonyl (C=O) groups excluding carboxylic acids is 1. The van der Waals surface area contributed by atoms with Crippen LogP contribution in [0.2, 0.25) is 0 Å². The number of amides is 1. The molecule has 0 unspecified atom stereocenters. The van der Waals surface area contributed by atoms with Gasteiger partial charge in [-0.05, 0) is 13.8 Å². The number of hydrogen-bond acceptors (Lipinski definition) is 5. The normalized spacial score (nSPS) is 13.8. The van der Waals surface area contributed by atoms with Crippen molar-refractivity contribution in [2.45, 2.75) is 27.3 Å². The average Bonchev–Trinajstić information content (AvgIpc) is 2.72. The summed E-state index contributed by atoms with van der Waals surface area (Å²) in [6.45, 7) is 10.1. The van der Waals surface area contributed by atoms with E-state index in [9.17, 15) is 4.79 Å². The van der Waals surface area contributed by atoms with E-state index in [-0.39, 0.29) is 12.5 Å². The summed E-state index contributed by atoms with van der Waals surface area (Å²) < 4.78 is 19.1. The first-order valence-electron chi connectivity index (χ1n) is 10.1. The molecule has 0 bridgehead atoms. The van der Waals surface area contributed by atoms with Crippen LogP contribution in [0.3, 0.4) is 0 Å². The summed E-state index contributed by atoms with van der Waals surface area (Å²) in [5, 5.41) is 2.99. The maximum atomic E-state index is 12.7. The molecule has 2 heterocycles. The standard InChI is InChI=1S/C22H29N3O4/c1-4-28-20-15-19(24-10-12-27-13-11-24)21(29-5-2)14-18(20)23-22(26)16-25-9-7-6-8-17(25)3/h6-9,14-15H,4-5,10-13,16H2,1-3H3/p+1. The highest BCUT2D eigenvalue weighted by molar-refractivity contribution is 5.92. The highest BCUT2D eigenvalue weighted by atomic mass is 16.5. The van der Waals surface area contributed by atoms with Gasteiger partial charge in [-0.25, -0.2) is 0 Å². The number of nitrogens with zero attached hydrogens (tertiary/aromatic N) is 2. The molecule has 29 heavy (non-hydrogen) atoms. The Morgan fingerprint density at radius 3 is 2.55 bits per heavy atom. The second-order valence-corrected chi connectivity index (χ2v) is 6.80. The number of benzene rings is 1. The molecule has 0 radical (unpaired) electrons. The fraction of sp³-hybridized carbons (Fsp3) is 0.455. The lowest BCUT2D eigenvalue weighted by molar-refractivity contribution is -0.690. The summed E-state index contributed by atoms with van der Waals surface area (Å²) in [5.74, 6) is 1.25. The molecule has 1 saturated heterocycles. The van der Waals surface area contributed by atoms with Crippen LogP contribution in [-0.4, -0.2) is 45.4 Å². The molecule has 7 nitrogen and oxygen atoms in total. The molecule has 1 N–H and O–H groups in total. The Balaban J connectivity index is 1.86. The lowest BCUT2D eigenvalue weighted by atomic mass is 10.2. The minimum Gasteiger partial charge on any atom is -0.492 e. The van der Waals surface area contributed by atoms with E-state index < -0.39 is 0 Å². The van der Waals surface area contributed by atoms with Gasteiger partial charge in [0.15, 0.2) is 11.9 Å². The molecule has 1 aliphatic heterocycles. The van der Waals surface area contributed by atoms with Crippen molar-refractivity contribution >= 4 is 17.3 Å². The van der Waals surface area contributed by atoms with Crippen molar-refractivity contribution < 1.29 is 23.6 Å². The maximum absolute atomic E-state index is 12.7. The molecule has 1 amide bonds. The van der Waals surface area contributed by atoms with E-state index in [0.717, 1.165) is 30.2 Å². The number of morpholine rings is 1. The number of nitrogens with one attached hydrogen (secondary N) is 1. The number of aryl methyl sites for hydroxylation is 1. The SMILES string of the molecule is CCOc1cc(N2CCOCC2)c(OCC)cc1NC(=O)C[n+]1ccccc1C. The van der Waals surface area contributed by atoms with Crippen LogP contribution in [0.15, 0.2) is 36.5 Å². The van der Waals surface area contributed by atoms with Crippen molar-refractivity contribution in [2.24, 2.45) is 0 Å². The molecule has 156 valence electrons. The van der Waals surface area contributed by atoms with Gasteiger partial charge in [-0.2, -0.15) is 4.57 Å². The second kappa shape index (κ2) is 10.1. The van der Waals surface area contributed by atoms with Gasteiger partial charge in [0.05, 0.1) is 37.8 Å². The zero-order valence-corrected chi connectivity index (χ0v) is 17.4. The van der Waals surface area contributed by atoms with E-state index in [1.54, 1.807) is 0 Å². The van der Waals surface area contributed by atoms with Crippen molar-refractivity contribution in [3.8, 4) is 11.5 Å². The third-order valence-electron chi connectivity index (χ3n) is 4.77. The zero-order chi connectivity index (χ0) is 20.6. The van der Waals surface area contributed by atoms with E-state index in [4.69, 9.17) is 14.2 Å². The molecule has 0 aliphatic carbocycles. The highest BCUT2D eigenvalue weighted by Crippen LogP contribution is 2.39. The fourth-order valence-electron chi connectivity index (χ4n) is 3.33. The van der Waals surface area contributed by atoms with Crippen molar-refractivity contribution in [3.63, 3.8) is 0 Å². The van der Waals surface area contributed by atoms with Crippen LogP contribution < -0.4 is 24.3 Å². The summed E-state index contributed by atoms with van der Waals surface area (Å²) in [4.78, 5) is 14.9. The second-order valence-electron chi connectivity index (χ2n) is 6.80. The molecule has 1 aromatic carbocycles. The maximum Gasteiger partial charge on any atom is 0.290 e. The lowest BCUT2D eigenvalue weighted by Crippen LogP contribution is -2.42. The molecule has 3 rings (SSSR count). The minimum absolute atomic E-state index is 0.119. The largest absolute Gasteiger partial charge is 0.492 e. The Kier molecular flexibility index (Phi) is 7.30. The van der Waals surface area contributed by atoms with Crippen molar-refractivity contribution in [3.05, 3.63) is 42.2 Å². The quantitative estimate of drug-likeness (QED) is 0.690. The topological polar surface area (TPSA) is 63.9 Å². The molecule has 0 saturated carbocycles. The van der Waals surface area contributed by atoms with Gasteiger partial charge < -0.3 is 24.4 Å². The van der Waals surface area contributed by atoms with Crippen LogP contribution in [0.1, 0.15) is 19.5 Å². The predicted molar refractivity (Wildman–Crippen MR) is 112 cm³/mol. The number of anilines is 2.